The van der Waals surface area contributed by atoms with E-state index >= 15 is 0 Å². The number of nitrogens with one attached hydrogen (secondary N) is 1. The van der Waals surface area contributed by atoms with Crippen LogP contribution in [0.5, 0.6) is 11.5 Å². The van der Waals surface area contributed by atoms with Gasteiger partial charge < -0.3 is 25.6 Å². The van der Waals surface area contributed by atoms with Gasteiger partial charge in [-0.1, -0.05) is 18.7 Å². The molecule has 33 heavy (non-hydrogen) atoms. The Balaban J connectivity index is 1.72. The summed E-state index contributed by atoms with van der Waals surface area (Å²) in [5.41, 5.74) is 8.28. The van der Waals surface area contributed by atoms with Crippen LogP contribution in [0.2, 0.25) is 0 Å². The number of carbonyl (C=O) groups excluding carboxylic acids is 1. The Kier molecular flexibility index (Phi) is 8.56. The lowest BCUT2D eigenvalue weighted by Crippen LogP contribution is -2.26. The molecular weight excluding hydrogens is 440 g/mol. The fraction of sp³-hybridized carbons (Fsp3) is 0.208. The number of aliphatic imine (C=N–C) groups is 1. The molecule has 3 aromatic rings. The van der Waals surface area contributed by atoms with Crippen LogP contribution in [0.3, 0.4) is 0 Å². The van der Waals surface area contributed by atoms with Gasteiger partial charge in [0.2, 0.25) is 0 Å². The zero-order valence-corrected chi connectivity index (χ0v) is 19.1. The maximum atomic E-state index is 12.4. The summed E-state index contributed by atoms with van der Waals surface area (Å²) in [6.07, 6.45) is 6.54. The van der Waals surface area contributed by atoms with Crippen molar-refractivity contribution >= 4 is 39.4 Å². The normalized spacial score (nSPS) is 11.6. The number of nitrogens with two attached hydrogens (primary N) is 1. The van der Waals surface area contributed by atoms with Gasteiger partial charge in [-0.05, 0) is 24.4 Å². The van der Waals surface area contributed by atoms with Crippen LogP contribution in [-0.4, -0.2) is 42.0 Å². The van der Waals surface area contributed by atoms with Gasteiger partial charge in [0, 0.05) is 47.7 Å². The quantitative estimate of drug-likeness (QED) is 0.371. The van der Waals surface area contributed by atoms with Gasteiger partial charge in [0.05, 0.1) is 16.9 Å². The van der Waals surface area contributed by atoms with Gasteiger partial charge in [0.1, 0.15) is 30.5 Å². The highest BCUT2D eigenvalue weighted by Crippen LogP contribution is 2.33. The molecule has 3 rings (SSSR count). The number of hydrogen-bond donors (Lipinski definition) is 3. The van der Waals surface area contributed by atoms with Crippen LogP contribution in [0.15, 0.2) is 65.3 Å². The first-order valence-corrected chi connectivity index (χ1v) is 11.1. The molecule has 8 nitrogen and oxygen atoms in total. The number of pyridine rings is 1. The molecule has 2 heterocycles. The zero-order chi connectivity index (χ0) is 23.6. The first-order chi connectivity index (χ1) is 16.1. The van der Waals surface area contributed by atoms with Gasteiger partial charge in [0.25, 0.3) is 5.91 Å². The number of rotatable bonds is 11. The van der Waals surface area contributed by atoms with E-state index in [1.165, 1.54) is 23.7 Å². The summed E-state index contributed by atoms with van der Waals surface area (Å²) in [5, 5.41) is 14.2. The molecule has 0 saturated carbocycles. The molecule has 9 heteroatoms. The van der Waals surface area contributed by atoms with E-state index in [2.05, 4.69) is 21.9 Å². The number of fused-ring (bicyclic) bond motifs is 1. The second-order valence-corrected chi connectivity index (χ2v) is 7.76. The van der Waals surface area contributed by atoms with Gasteiger partial charge in [0.15, 0.2) is 0 Å². The third-order valence-corrected chi connectivity index (χ3v) is 5.73. The number of allylic oxidation sites excluding steroid dienone is 1. The molecule has 2 aromatic heterocycles. The molecule has 0 aliphatic carbocycles. The van der Waals surface area contributed by atoms with Gasteiger partial charge in [-0.3, -0.25) is 9.79 Å². The van der Waals surface area contributed by atoms with E-state index in [9.17, 15) is 4.79 Å². The number of hydrogen-bond acceptors (Lipinski definition) is 8. The van der Waals surface area contributed by atoms with Crippen molar-refractivity contribution in [2.45, 2.75) is 13.5 Å². The summed E-state index contributed by atoms with van der Waals surface area (Å²) in [7, 11) is 0. The zero-order valence-electron chi connectivity index (χ0n) is 18.3. The number of anilines is 1. The topological polar surface area (TPSA) is 119 Å². The molecule has 1 aromatic carbocycles. The predicted molar refractivity (Wildman–Crippen MR) is 132 cm³/mol. The largest absolute Gasteiger partial charge is 0.489 e. The SMILES string of the molecule is C=CN=C/C(=C\C)COc1cccc(OCc2csc3c(C(=O)NCCO)cnc(N)c23)c1. The number of aliphatic hydroxyl groups excluding tert-OH is 1. The molecule has 0 aliphatic rings. The summed E-state index contributed by atoms with van der Waals surface area (Å²) in [4.78, 5) is 20.6. The Labute approximate surface area is 196 Å². The van der Waals surface area contributed by atoms with Crippen molar-refractivity contribution in [2.75, 3.05) is 25.5 Å². The Morgan fingerprint density at radius 2 is 2.15 bits per heavy atom. The summed E-state index contributed by atoms with van der Waals surface area (Å²) in [6.45, 7) is 6.14. The van der Waals surface area contributed by atoms with Crippen molar-refractivity contribution in [3.63, 3.8) is 0 Å². The third kappa shape index (κ3) is 6.18. The molecule has 0 spiro atoms. The van der Waals surface area contributed by atoms with Crippen molar-refractivity contribution in [3.05, 3.63) is 71.4 Å². The molecular formula is C24H26N4O4S. The van der Waals surface area contributed by atoms with Crippen molar-refractivity contribution in [2.24, 2.45) is 4.99 Å². The standard InChI is InChI=1S/C24H26N4O4S/c1-3-16(11-26-4-2)13-31-18-6-5-7-19(10-18)32-14-17-15-33-22-20(24(30)27-8-9-29)12-28-23(25)21(17)22/h3-7,10-12,15,29H,2,8-9,13-14H2,1H3,(H2,25,28)(H,27,30)/b16-3+,26-11?. The second kappa shape index (κ2) is 11.8. The number of amides is 1. The number of nitrogen functional groups attached to an aromatic ring is 1. The molecule has 0 saturated heterocycles. The van der Waals surface area contributed by atoms with Crippen molar-refractivity contribution in [1.82, 2.24) is 10.3 Å². The highest BCUT2D eigenvalue weighted by molar-refractivity contribution is 7.17. The van der Waals surface area contributed by atoms with Crippen molar-refractivity contribution in [3.8, 4) is 11.5 Å². The van der Waals surface area contributed by atoms with Crippen LogP contribution in [0.4, 0.5) is 5.82 Å². The fourth-order valence-corrected chi connectivity index (χ4v) is 4.06. The van der Waals surface area contributed by atoms with Crippen LogP contribution in [0.25, 0.3) is 10.1 Å². The maximum Gasteiger partial charge on any atom is 0.254 e. The third-order valence-electron chi connectivity index (χ3n) is 4.66. The van der Waals surface area contributed by atoms with E-state index in [0.717, 1.165) is 15.8 Å². The highest BCUT2D eigenvalue weighted by atomic mass is 32.1. The smallest absolute Gasteiger partial charge is 0.254 e. The summed E-state index contributed by atoms with van der Waals surface area (Å²) >= 11 is 1.40. The maximum absolute atomic E-state index is 12.4. The van der Waals surface area contributed by atoms with E-state index in [4.69, 9.17) is 20.3 Å². The molecule has 0 unspecified atom stereocenters. The van der Waals surface area contributed by atoms with E-state index < -0.39 is 0 Å². The molecule has 4 N–H and O–H groups in total. The van der Waals surface area contributed by atoms with E-state index in [-0.39, 0.29) is 25.7 Å². The minimum atomic E-state index is -0.306. The second-order valence-electron chi connectivity index (χ2n) is 6.88. The van der Waals surface area contributed by atoms with Crippen LogP contribution >= 0.6 is 11.3 Å². The van der Waals surface area contributed by atoms with Crippen molar-refractivity contribution < 1.29 is 19.4 Å². The van der Waals surface area contributed by atoms with Crippen LogP contribution in [0.1, 0.15) is 22.8 Å². The number of thiophene rings is 1. The number of aliphatic hydroxyl groups is 1. The first kappa shape index (κ1) is 24.0. The number of aromatic nitrogens is 1. The minimum absolute atomic E-state index is 0.137. The highest BCUT2D eigenvalue weighted by Gasteiger charge is 2.17. The lowest BCUT2D eigenvalue weighted by molar-refractivity contribution is 0.0946. The van der Waals surface area contributed by atoms with Gasteiger partial charge >= 0.3 is 0 Å². The Morgan fingerprint density at radius 1 is 1.36 bits per heavy atom. The van der Waals surface area contributed by atoms with Gasteiger partial charge in [-0.15, -0.1) is 11.3 Å². The van der Waals surface area contributed by atoms with E-state index in [1.54, 1.807) is 6.21 Å². The van der Waals surface area contributed by atoms with Gasteiger partial charge in [-0.25, -0.2) is 4.98 Å². The molecule has 0 radical (unpaired) electrons. The van der Waals surface area contributed by atoms with Crippen LogP contribution < -0.4 is 20.5 Å². The van der Waals surface area contributed by atoms with Crippen LogP contribution in [0, 0.1) is 0 Å². The lowest BCUT2D eigenvalue weighted by Gasteiger charge is -2.10. The molecule has 0 atom stereocenters. The van der Waals surface area contributed by atoms with Crippen molar-refractivity contribution in [1.29, 1.82) is 0 Å². The molecule has 0 fully saturated rings. The first-order valence-electron chi connectivity index (χ1n) is 10.3. The Morgan fingerprint density at radius 3 is 2.88 bits per heavy atom. The molecule has 0 aliphatic heterocycles. The van der Waals surface area contributed by atoms with E-state index in [0.29, 0.717) is 34.9 Å². The summed E-state index contributed by atoms with van der Waals surface area (Å²) in [5.74, 6) is 1.33. The Bertz CT molecular complexity index is 1190. The Hall–Kier alpha value is -3.69. The number of carbonyl (C=O) groups is 1. The molecule has 0 bridgehead atoms. The average molecular weight is 467 g/mol. The van der Waals surface area contributed by atoms with E-state index in [1.807, 2.05) is 42.6 Å². The number of benzene rings is 1. The number of ether oxygens (including phenoxy) is 2. The lowest BCUT2D eigenvalue weighted by atomic mass is 10.1. The summed E-state index contributed by atoms with van der Waals surface area (Å²) in [6, 6.07) is 7.35. The summed E-state index contributed by atoms with van der Waals surface area (Å²) < 4.78 is 12.5. The van der Waals surface area contributed by atoms with Gasteiger partial charge in [-0.2, -0.15) is 0 Å². The minimum Gasteiger partial charge on any atom is -0.489 e. The fourth-order valence-electron chi connectivity index (χ4n) is 2.99. The molecule has 1 amide bonds. The molecule has 172 valence electrons. The average Bonchev–Trinajstić information content (AvgIpc) is 3.27. The monoisotopic (exact) mass is 466 g/mol. The van der Waals surface area contributed by atoms with Crippen LogP contribution in [-0.2, 0) is 6.61 Å². The predicted octanol–water partition coefficient (Wildman–Crippen LogP) is 3.72. The number of nitrogens with zero attached hydrogens (tertiary/aromatic N) is 2.